The Bertz CT molecular complexity index is 363. The second kappa shape index (κ2) is 4.81. The Balaban J connectivity index is 2.58. The van der Waals surface area contributed by atoms with Gasteiger partial charge in [0.1, 0.15) is 0 Å². The van der Waals surface area contributed by atoms with E-state index in [1.54, 1.807) is 0 Å². The van der Waals surface area contributed by atoms with Gasteiger partial charge in [-0.2, -0.15) is 0 Å². The minimum Gasteiger partial charge on any atom is -0.478 e. The zero-order chi connectivity index (χ0) is 10.6. The fraction of sp³-hybridized carbons (Fsp3) is 0.100. The molecule has 0 unspecified atom stereocenters. The van der Waals surface area contributed by atoms with Crippen molar-refractivity contribution in [3.63, 3.8) is 0 Å². The van der Waals surface area contributed by atoms with Crippen LogP contribution >= 0.6 is 15.9 Å². The molecular weight excluding hydrogens is 246 g/mol. The number of carbonyl (C=O) groups is 1. The SMILES string of the molecule is C=C(CNc1ccccc1Br)C(=O)O. The average Bonchev–Trinajstić information content (AvgIpc) is 2.16. The number of para-hydroxylation sites is 1. The van der Waals surface area contributed by atoms with Crippen LogP contribution in [-0.4, -0.2) is 17.6 Å². The molecule has 0 aliphatic heterocycles. The second-order valence-corrected chi connectivity index (χ2v) is 3.60. The van der Waals surface area contributed by atoms with E-state index in [1.165, 1.54) is 0 Å². The molecule has 0 radical (unpaired) electrons. The van der Waals surface area contributed by atoms with Crippen LogP contribution in [0.5, 0.6) is 0 Å². The zero-order valence-electron chi connectivity index (χ0n) is 7.46. The number of nitrogens with one attached hydrogen (secondary N) is 1. The number of hydrogen-bond acceptors (Lipinski definition) is 2. The molecule has 0 saturated heterocycles. The predicted octanol–water partition coefficient (Wildman–Crippen LogP) is 2.50. The summed E-state index contributed by atoms with van der Waals surface area (Å²) in [5.41, 5.74) is 0.996. The van der Waals surface area contributed by atoms with Crippen LogP contribution in [0.25, 0.3) is 0 Å². The minimum absolute atomic E-state index is 0.140. The molecular formula is C10H10BrNO2. The number of rotatable bonds is 4. The van der Waals surface area contributed by atoms with Gasteiger partial charge in [0.2, 0.25) is 0 Å². The van der Waals surface area contributed by atoms with E-state index in [9.17, 15) is 4.79 Å². The van der Waals surface area contributed by atoms with Gasteiger partial charge in [0, 0.05) is 22.3 Å². The van der Waals surface area contributed by atoms with Crippen LogP contribution in [0.2, 0.25) is 0 Å². The number of aliphatic carboxylic acids is 1. The zero-order valence-corrected chi connectivity index (χ0v) is 9.04. The Hall–Kier alpha value is -1.29. The van der Waals surface area contributed by atoms with Gasteiger partial charge in [0.25, 0.3) is 0 Å². The van der Waals surface area contributed by atoms with Crippen molar-refractivity contribution in [2.45, 2.75) is 0 Å². The maximum Gasteiger partial charge on any atom is 0.332 e. The Labute approximate surface area is 90.6 Å². The molecule has 0 aliphatic carbocycles. The molecule has 1 rings (SSSR count). The standard InChI is InChI=1S/C10H10BrNO2/c1-7(10(13)14)6-12-9-5-3-2-4-8(9)11/h2-5,12H,1,6H2,(H,13,14). The largest absolute Gasteiger partial charge is 0.478 e. The van der Waals surface area contributed by atoms with Gasteiger partial charge < -0.3 is 10.4 Å². The molecule has 4 heteroatoms. The first-order valence-electron chi connectivity index (χ1n) is 4.00. The minimum atomic E-state index is -0.982. The smallest absolute Gasteiger partial charge is 0.332 e. The van der Waals surface area contributed by atoms with Crippen LogP contribution < -0.4 is 5.32 Å². The molecule has 0 heterocycles. The first kappa shape index (κ1) is 10.8. The molecule has 74 valence electrons. The lowest BCUT2D eigenvalue weighted by Gasteiger charge is -2.07. The summed E-state index contributed by atoms with van der Waals surface area (Å²) < 4.78 is 0.901. The molecule has 0 spiro atoms. The lowest BCUT2D eigenvalue weighted by Crippen LogP contribution is -2.11. The molecule has 0 aliphatic rings. The van der Waals surface area contributed by atoms with Crippen molar-refractivity contribution < 1.29 is 9.90 Å². The number of halogens is 1. The summed E-state index contributed by atoms with van der Waals surface area (Å²) in [5, 5.41) is 11.5. The molecule has 0 bridgehead atoms. The summed E-state index contributed by atoms with van der Waals surface area (Å²) >= 11 is 3.34. The van der Waals surface area contributed by atoms with E-state index in [1.807, 2.05) is 24.3 Å². The second-order valence-electron chi connectivity index (χ2n) is 2.74. The van der Waals surface area contributed by atoms with Crippen molar-refractivity contribution in [2.75, 3.05) is 11.9 Å². The average molecular weight is 256 g/mol. The van der Waals surface area contributed by atoms with Crippen LogP contribution in [0.3, 0.4) is 0 Å². The van der Waals surface area contributed by atoms with Crippen molar-refractivity contribution in [1.29, 1.82) is 0 Å². The van der Waals surface area contributed by atoms with Crippen molar-refractivity contribution in [3.05, 3.63) is 40.9 Å². The van der Waals surface area contributed by atoms with Gasteiger partial charge in [-0.15, -0.1) is 0 Å². The van der Waals surface area contributed by atoms with Crippen LogP contribution in [0.15, 0.2) is 40.9 Å². The summed E-state index contributed by atoms with van der Waals surface area (Å²) in [5.74, 6) is -0.982. The van der Waals surface area contributed by atoms with Crippen LogP contribution in [0.4, 0.5) is 5.69 Å². The van der Waals surface area contributed by atoms with Gasteiger partial charge in [-0.1, -0.05) is 18.7 Å². The van der Waals surface area contributed by atoms with E-state index in [0.29, 0.717) is 0 Å². The Morgan fingerprint density at radius 2 is 2.14 bits per heavy atom. The Kier molecular flexibility index (Phi) is 3.71. The molecule has 1 aromatic rings. The van der Waals surface area contributed by atoms with E-state index < -0.39 is 5.97 Å². The van der Waals surface area contributed by atoms with Crippen LogP contribution in [-0.2, 0) is 4.79 Å². The highest BCUT2D eigenvalue weighted by molar-refractivity contribution is 9.10. The van der Waals surface area contributed by atoms with Gasteiger partial charge in [0.05, 0.1) is 0 Å². The lowest BCUT2D eigenvalue weighted by atomic mass is 10.3. The highest BCUT2D eigenvalue weighted by Gasteiger charge is 2.04. The summed E-state index contributed by atoms with van der Waals surface area (Å²) in [4.78, 5) is 10.5. The summed E-state index contributed by atoms with van der Waals surface area (Å²) in [6.07, 6.45) is 0. The molecule has 2 N–H and O–H groups in total. The highest BCUT2D eigenvalue weighted by atomic mass is 79.9. The summed E-state index contributed by atoms with van der Waals surface area (Å²) in [6.45, 7) is 3.66. The molecule has 1 aromatic carbocycles. The maximum absolute atomic E-state index is 10.5. The quantitative estimate of drug-likeness (QED) is 0.814. The normalized spacial score (nSPS) is 9.50. The number of carboxylic acids is 1. The fourth-order valence-electron chi connectivity index (χ4n) is 0.882. The maximum atomic E-state index is 10.5. The van der Waals surface area contributed by atoms with Crippen LogP contribution in [0, 0.1) is 0 Å². The lowest BCUT2D eigenvalue weighted by molar-refractivity contribution is -0.132. The Morgan fingerprint density at radius 1 is 1.50 bits per heavy atom. The number of hydrogen-bond donors (Lipinski definition) is 2. The molecule has 3 nitrogen and oxygen atoms in total. The van der Waals surface area contributed by atoms with E-state index in [0.717, 1.165) is 10.2 Å². The van der Waals surface area contributed by atoms with Gasteiger partial charge in [0.15, 0.2) is 0 Å². The highest BCUT2D eigenvalue weighted by Crippen LogP contribution is 2.21. The fourth-order valence-corrected chi connectivity index (χ4v) is 1.31. The predicted molar refractivity (Wildman–Crippen MR) is 59.4 cm³/mol. The van der Waals surface area contributed by atoms with Crippen molar-refractivity contribution in [3.8, 4) is 0 Å². The summed E-state index contributed by atoms with van der Waals surface area (Å²) in [7, 11) is 0. The Morgan fingerprint density at radius 3 is 2.71 bits per heavy atom. The van der Waals surface area contributed by atoms with Crippen LogP contribution in [0.1, 0.15) is 0 Å². The molecule has 14 heavy (non-hydrogen) atoms. The third-order valence-electron chi connectivity index (χ3n) is 1.67. The monoisotopic (exact) mass is 255 g/mol. The van der Waals surface area contributed by atoms with Gasteiger partial charge in [-0.3, -0.25) is 0 Å². The third kappa shape index (κ3) is 2.88. The van der Waals surface area contributed by atoms with E-state index in [2.05, 4.69) is 27.8 Å². The van der Waals surface area contributed by atoms with Gasteiger partial charge in [-0.05, 0) is 28.1 Å². The first-order valence-corrected chi connectivity index (χ1v) is 4.80. The molecule has 0 aromatic heterocycles. The molecule has 0 atom stereocenters. The molecule has 0 fully saturated rings. The van der Waals surface area contributed by atoms with E-state index in [4.69, 9.17) is 5.11 Å². The van der Waals surface area contributed by atoms with Gasteiger partial charge >= 0.3 is 5.97 Å². The van der Waals surface area contributed by atoms with E-state index >= 15 is 0 Å². The molecule has 0 saturated carbocycles. The molecule has 0 amide bonds. The van der Waals surface area contributed by atoms with Crippen molar-refractivity contribution >= 4 is 27.6 Å². The van der Waals surface area contributed by atoms with Crippen molar-refractivity contribution in [2.24, 2.45) is 0 Å². The number of carboxylic acid groups (broad SMARTS) is 1. The number of benzene rings is 1. The third-order valence-corrected chi connectivity index (χ3v) is 2.36. The van der Waals surface area contributed by atoms with Crippen molar-refractivity contribution in [1.82, 2.24) is 0 Å². The topological polar surface area (TPSA) is 49.3 Å². The summed E-state index contributed by atoms with van der Waals surface area (Å²) in [6, 6.07) is 7.50. The van der Waals surface area contributed by atoms with Gasteiger partial charge in [-0.25, -0.2) is 4.79 Å². The first-order chi connectivity index (χ1) is 6.61. The van der Waals surface area contributed by atoms with E-state index in [-0.39, 0.29) is 12.1 Å². The number of anilines is 1.